The normalized spacial score (nSPS) is 12.8. The Morgan fingerprint density at radius 1 is 0.943 bits per heavy atom. The summed E-state index contributed by atoms with van der Waals surface area (Å²) in [6.45, 7) is 1.46. The summed E-state index contributed by atoms with van der Waals surface area (Å²) < 4.78 is 56.6. The zero-order valence-electron chi connectivity index (χ0n) is 18.3. The van der Waals surface area contributed by atoms with Gasteiger partial charge < -0.3 is 15.4 Å². The van der Waals surface area contributed by atoms with Crippen molar-refractivity contribution in [1.29, 1.82) is 0 Å². The average molecular weight is 499 g/mol. The molecule has 2 atom stereocenters. The number of nitro groups is 1. The Morgan fingerprint density at radius 2 is 1.46 bits per heavy atom. The van der Waals surface area contributed by atoms with Crippen molar-refractivity contribution in [1.82, 2.24) is 10.6 Å². The van der Waals surface area contributed by atoms with E-state index in [1.54, 1.807) is 5.32 Å². The molecule has 0 heterocycles. The van der Waals surface area contributed by atoms with E-state index in [0.717, 1.165) is 24.3 Å². The number of alkyl halides is 3. The van der Waals surface area contributed by atoms with Crippen LogP contribution in [0.3, 0.4) is 0 Å². The van der Waals surface area contributed by atoms with Crippen LogP contribution in [0.5, 0.6) is 0 Å². The number of nitrogens with one attached hydrogen (secondary N) is 2. The Labute approximate surface area is 196 Å². The van der Waals surface area contributed by atoms with Gasteiger partial charge in [0.1, 0.15) is 17.9 Å². The second-order valence-corrected chi connectivity index (χ2v) is 7.30. The van der Waals surface area contributed by atoms with Crippen molar-refractivity contribution in [2.75, 3.05) is 6.61 Å². The molecule has 0 spiro atoms. The van der Waals surface area contributed by atoms with Crippen molar-refractivity contribution in [3.8, 4) is 0 Å². The molecule has 0 aromatic heterocycles. The Kier molecular flexibility index (Phi) is 9.26. The van der Waals surface area contributed by atoms with Gasteiger partial charge in [0, 0.05) is 25.0 Å². The first-order valence-electron chi connectivity index (χ1n) is 10.2. The number of halogens is 4. The molecule has 0 saturated carbocycles. The zero-order chi connectivity index (χ0) is 26.2. The molecule has 2 aromatic carbocycles. The second-order valence-electron chi connectivity index (χ2n) is 7.30. The van der Waals surface area contributed by atoms with E-state index in [4.69, 9.17) is 4.74 Å². The molecule has 13 heteroatoms. The number of nitro benzene ring substituents is 1. The van der Waals surface area contributed by atoms with Gasteiger partial charge in [0.15, 0.2) is 0 Å². The number of amides is 2. The largest absolute Gasteiger partial charge is 0.471 e. The lowest BCUT2D eigenvalue weighted by Crippen LogP contribution is -2.55. The van der Waals surface area contributed by atoms with Gasteiger partial charge >= 0.3 is 18.1 Å². The van der Waals surface area contributed by atoms with Crippen LogP contribution in [0, 0.1) is 15.9 Å². The first kappa shape index (κ1) is 27.2. The number of ether oxygens (including phenoxy) is 1. The molecule has 0 unspecified atom stereocenters. The van der Waals surface area contributed by atoms with Gasteiger partial charge in [-0.1, -0.05) is 24.3 Å². The van der Waals surface area contributed by atoms with Crippen LogP contribution in [0.25, 0.3) is 0 Å². The Morgan fingerprint density at radius 3 is 1.94 bits per heavy atom. The van der Waals surface area contributed by atoms with Crippen molar-refractivity contribution in [3.63, 3.8) is 0 Å². The van der Waals surface area contributed by atoms with Gasteiger partial charge in [-0.3, -0.25) is 19.7 Å². The number of non-ortho nitro benzene ring substituents is 1. The van der Waals surface area contributed by atoms with Crippen LogP contribution in [-0.2, 0) is 32.0 Å². The van der Waals surface area contributed by atoms with Gasteiger partial charge in [-0.25, -0.2) is 9.18 Å². The van der Waals surface area contributed by atoms with Gasteiger partial charge in [-0.05, 0) is 30.2 Å². The number of carbonyl (C=O) groups excluding carboxylic acids is 3. The molecule has 0 bridgehead atoms. The minimum Gasteiger partial charge on any atom is -0.464 e. The summed E-state index contributed by atoms with van der Waals surface area (Å²) in [4.78, 5) is 46.9. The summed E-state index contributed by atoms with van der Waals surface area (Å²) in [5.41, 5.74) is 0.358. The van der Waals surface area contributed by atoms with Crippen LogP contribution in [0.2, 0.25) is 0 Å². The fraction of sp³-hybridized carbons (Fsp3) is 0.318. The predicted molar refractivity (Wildman–Crippen MR) is 113 cm³/mol. The maximum atomic E-state index is 13.2. The fourth-order valence-electron chi connectivity index (χ4n) is 3.00. The molecule has 0 radical (unpaired) electrons. The first-order chi connectivity index (χ1) is 16.4. The van der Waals surface area contributed by atoms with Crippen molar-refractivity contribution >= 4 is 23.5 Å². The van der Waals surface area contributed by atoms with Crippen LogP contribution in [0.15, 0.2) is 48.5 Å². The molecule has 0 aliphatic carbocycles. The van der Waals surface area contributed by atoms with E-state index in [1.165, 1.54) is 31.2 Å². The SMILES string of the molecule is CCOC(=O)[C@H](Cc1ccc(F)cc1)NC(=O)[C@H](Cc1ccc([N+](=O)[O-])cc1)NC(=O)C(F)(F)F. The molecule has 2 aromatic rings. The number of hydrogen-bond donors (Lipinski definition) is 2. The molecule has 0 aliphatic heterocycles. The third-order valence-corrected chi connectivity index (χ3v) is 4.71. The van der Waals surface area contributed by atoms with Crippen molar-refractivity contribution in [3.05, 3.63) is 75.6 Å². The topological polar surface area (TPSA) is 128 Å². The van der Waals surface area contributed by atoms with Gasteiger partial charge in [0.2, 0.25) is 5.91 Å². The average Bonchev–Trinajstić information content (AvgIpc) is 2.79. The molecular formula is C22H21F4N3O6. The highest BCUT2D eigenvalue weighted by Crippen LogP contribution is 2.17. The molecular weight excluding hydrogens is 478 g/mol. The van der Waals surface area contributed by atoms with E-state index in [-0.39, 0.29) is 24.3 Å². The monoisotopic (exact) mass is 499 g/mol. The molecule has 0 fully saturated rings. The van der Waals surface area contributed by atoms with Crippen LogP contribution >= 0.6 is 0 Å². The van der Waals surface area contributed by atoms with Crippen LogP contribution in [0.4, 0.5) is 23.2 Å². The smallest absolute Gasteiger partial charge is 0.464 e. The van der Waals surface area contributed by atoms with Gasteiger partial charge in [-0.15, -0.1) is 0 Å². The van der Waals surface area contributed by atoms with E-state index in [2.05, 4.69) is 5.32 Å². The summed E-state index contributed by atoms with van der Waals surface area (Å²) >= 11 is 0. The Bertz CT molecular complexity index is 1060. The second kappa shape index (κ2) is 11.9. The van der Waals surface area contributed by atoms with Crippen LogP contribution < -0.4 is 10.6 Å². The summed E-state index contributed by atoms with van der Waals surface area (Å²) in [5, 5.41) is 14.7. The molecule has 2 N–H and O–H groups in total. The lowest BCUT2D eigenvalue weighted by Gasteiger charge is -2.23. The molecule has 0 aliphatic rings. The highest BCUT2D eigenvalue weighted by Gasteiger charge is 2.41. The molecule has 188 valence electrons. The number of hydrogen-bond acceptors (Lipinski definition) is 6. The lowest BCUT2D eigenvalue weighted by molar-refractivity contribution is -0.384. The van der Waals surface area contributed by atoms with Gasteiger partial charge in [0.25, 0.3) is 5.69 Å². The summed E-state index contributed by atoms with van der Waals surface area (Å²) in [6.07, 6.45) is -5.91. The van der Waals surface area contributed by atoms with Crippen molar-refractivity contribution in [2.24, 2.45) is 0 Å². The fourth-order valence-corrected chi connectivity index (χ4v) is 3.00. The number of esters is 1. The van der Waals surface area contributed by atoms with Crippen LogP contribution in [0.1, 0.15) is 18.1 Å². The minimum absolute atomic E-state index is 0.0499. The highest BCUT2D eigenvalue weighted by molar-refractivity contribution is 5.92. The molecule has 0 saturated heterocycles. The quantitative estimate of drug-likeness (QED) is 0.224. The van der Waals surface area contributed by atoms with E-state index in [0.29, 0.717) is 5.56 Å². The molecule has 35 heavy (non-hydrogen) atoms. The van der Waals surface area contributed by atoms with Gasteiger partial charge in [-0.2, -0.15) is 13.2 Å². The molecule has 2 rings (SSSR count). The van der Waals surface area contributed by atoms with E-state index >= 15 is 0 Å². The highest BCUT2D eigenvalue weighted by atomic mass is 19.4. The van der Waals surface area contributed by atoms with Crippen molar-refractivity contribution < 1.29 is 41.6 Å². The zero-order valence-corrected chi connectivity index (χ0v) is 18.3. The molecule has 9 nitrogen and oxygen atoms in total. The summed E-state index contributed by atoms with van der Waals surface area (Å²) in [6, 6.07) is 6.45. The molecule has 2 amide bonds. The van der Waals surface area contributed by atoms with E-state index in [9.17, 15) is 42.1 Å². The predicted octanol–water partition coefficient (Wildman–Crippen LogP) is 2.61. The third kappa shape index (κ3) is 8.36. The maximum Gasteiger partial charge on any atom is 0.471 e. The third-order valence-electron chi connectivity index (χ3n) is 4.71. The Hall–Kier alpha value is -4.03. The summed E-state index contributed by atoms with van der Waals surface area (Å²) in [5.74, 6) is -4.93. The number of benzene rings is 2. The maximum absolute atomic E-state index is 13.2. The van der Waals surface area contributed by atoms with Crippen LogP contribution in [-0.4, -0.2) is 47.6 Å². The number of rotatable bonds is 10. The summed E-state index contributed by atoms with van der Waals surface area (Å²) in [7, 11) is 0. The van der Waals surface area contributed by atoms with E-state index in [1.807, 2.05) is 0 Å². The minimum atomic E-state index is -5.29. The lowest BCUT2D eigenvalue weighted by atomic mass is 10.0. The van der Waals surface area contributed by atoms with Crippen molar-refractivity contribution in [2.45, 2.75) is 38.0 Å². The van der Waals surface area contributed by atoms with E-state index < -0.39 is 53.2 Å². The number of carbonyl (C=O) groups is 3. The Balaban J connectivity index is 2.27. The number of nitrogens with zero attached hydrogens (tertiary/aromatic N) is 1. The van der Waals surface area contributed by atoms with Gasteiger partial charge in [0.05, 0.1) is 11.5 Å². The first-order valence-corrected chi connectivity index (χ1v) is 10.2. The standard InChI is InChI=1S/C22H21F4N3O6/c1-2-35-20(31)18(12-13-3-7-15(23)8-4-13)27-19(30)17(28-21(32)22(24,25)26)11-14-5-9-16(10-6-14)29(33)34/h3-10,17-18H,2,11-12H2,1H3,(H,27,30)(H,28,32)/t17-,18-/m0/s1.